The van der Waals surface area contributed by atoms with E-state index in [1.807, 2.05) is 34.3 Å². The Hall–Kier alpha value is -2.08. The summed E-state index contributed by atoms with van der Waals surface area (Å²) in [5.41, 5.74) is 0.611. The molecule has 5 nitrogen and oxygen atoms in total. The standard InChI is InChI=1S/C11H7N3O2S/c15-9-11(13-10(16)12-9)6-3-5-17-8(6)14-4-1-2-7(11)14/h1-5H,(H2,12,13,15,16). The van der Waals surface area contributed by atoms with Gasteiger partial charge in [0.15, 0.2) is 5.54 Å². The molecule has 17 heavy (non-hydrogen) atoms. The molecule has 1 atom stereocenters. The van der Waals surface area contributed by atoms with Crippen LogP contribution in [0.1, 0.15) is 11.3 Å². The van der Waals surface area contributed by atoms with Crippen LogP contribution in [0.3, 0.4) is 0 Å². The number of amides is 3. The Morgan fingerprint density at radius 1 is 1.29 bits per heavy atom. The molecule has 0 aromatic carbocycles. The molecular weight excluding hydrogens is 238 g/mol. The molecule has 4 rings (SSSR count). The van der Waals surface area contributed by atoms with Crippen LogP contribution in [0.5, 0.6) is 0 Å². The lowest BCUT2D eigenvalue weighted by molar-refractivity contribution is -0.122. The van der Waals surface area contributed by atoms with Crippen molar-refractivity contribution in [1.82, 2.24) is 15.2 Å². The number of thiophene rings is 1. The lowest BCUT2D eigenvalue weighted by Crippen LogP contribution is -2.43. The Kier molecular flexibility index (Phi) is 1.37. The lowest BCUT2D eigenvalue weighted by Gasteiger charge is -2.19. The van der Waals surface area contributed by atoms with Crippen molar-refractivity contribution >= 4 is 23.3 Å². The van der Waals surface area contributed by atoms with Crippen LogP contribution >= 0.6 is 11.3 Å². The number of carbonyl (C=O) groups excluding carboxylic acids is 2. The molecule has 3 amide bonds. The summed E-state index contributed by atoms with van der Waals surface area (Å²) in [7, 11) is 0. The van der Waals surface area contributed by atoms with E-state index in [1.54, 1.807) is 11.3 Å². The second kappa shape index (κ2) is 2.60. The number of rotatable bonds is 0. The SMILES string of the molecule is O=C1NC(=O)C2(N1)c1ccsc1-n1cccc12. The Labute approximate surface area is 100 Å². The van der Waals surface area contributed by atoms with E-state index in [-0.39, 0.29) is 5.91 Å². The molecule has 1 saturated heterocycles. The molecule has 0 bridgehead atoms. The van der Waals surface area contributed by atoms with E-state index in [2.05, 4.69) is 10.6 Å². The highest BCUT2D eigenvalue weighted by Gasteiger charge is 2.55. The van der Waals surface area contributed by atoms with Gasteiger partial charge in [-0.3, -0.25) is 10.1 Å². The molecule has 2 N–H and O–H groups in total. The van der Waals surface area contributed by atoms with E-state index in [9.17, 15) is 9.59 Å². The maximum absolute atomic E-state index is 12.1. The Morgan fingerprint density at radius 3 is 2.94 bits per heavy atom. The summed E-state index contributed by atoms with van der Waals surface area (Å²) in [5.74, 6) is -0.306. The molecule has 6 heteroatoms. The number of hydrogen-bond donors (Lipinski definition) is 2. The average molecular weight is 245 g/mol. The predicted octanol–water partition coefficient (Wildman–Crippen LogP) is 0.935. The number of fused-ring (bicyclic) bond motifs is 5. The van der Waals surface area contributed by atoms with Crippen molar-refractivity contribution < 1.29 is 9.59 Å². The summed E-state index contributed by atoms with van der Waals surface area (Å²) in [6.07, 6.45) is 1.90. The van der Waals surface area contributed by atoms with Gasteiger partial charge in [0.1, 0.15) is 5.00 Å². The van der Waals surface area contributed by atoms with Crippen molar-refractivity contribution in [1.29, 1.82) is 0 Å². The number of hydrogen-bond acceptors (Lipinski definition) is 3. The third-order valence-electron chi connectivity index (χ3n) is 3.27. The second-order valence-corrected chi connectivity index (χ2v) is 4.96. The highest BCUT2D eigenvalue weighted by atomic mass is 32.1. The van der Waals surface area contributed by atoms with Crippen LogP contribution in [0.15, 0.2) is 29.8 Å². The summed E-state index contributed by atoms with van der Waals surface area (Å²) in [5, 5.41) is 7.98. The monoisotopic (exact) mass is 245 g/mol. The molecular formula is C11H7N3O2S. The predicted molar refractivity (Wildman–Crippen MR) is 61.1 cm³/mol. The van der Waals surface area contributed by atoms with E-state index in [0.717, 1.165) is 16.3 Å². The zero-order valence-corrected chi connectivity index (χ0v) is 9.38. The van der Waals surface area contributed by atoms with E-state index in [4.69, 9.17) is 0 Å². The fourth-order valence-electron chi connectivity index (χ4n) is 2.60. The summed E-state index contributed by atoms with van der Waals surface area (Å²) < 4.78 is 1.95. The van der Waals surface area contributed by atoms with Gasteiger partial charge in [-0.15, -0.1) is 11.3 Å². The van der Waals surface area contributed by atoms with Gasteiger partial charge in [0, 0.05) is 11.8 Å². The highest BCUT2D eigenvalue weighted by molar-refractivity contribution is 7.12. The zero-order valence-electron chi connectivity index (χ0n) is 8.56. The largest absolute Gasteiger partial charge is 0.322 e. The normalized spacial score (nSPS) is 24.7. The van der Waals surface area contributed by atoms with Crippen molar-refractivity contribution in [2.45, 2.75) is 5.54 Å². The number of nitrogens with one attached hydrogen (secondary N) is 2. The van der Waals surface area contributed by atoms with E-state index in [1.165, 1.54) is 0 Å². The first-order valence-corrected chi connectivity index (χ1v) is 6.01. The van der Waals surface area contributed by atoms with Crippen LogP contribution in [-0.2, 0) is 10.3 Å². The minimum absolute atomic E-state index is 0.306. The number of aromatic nitrogens is 1. The minimum Gasteiger partial charge on any atom is -0.314 e. The van der Waals surface area contributed by atoms with Crippen molar-refractivity contribution in [3.63, 3.8) is 0 Å². The number of carbonyl (C=O) groups is 2. The molecule has 2 aromatic rings. The molecule has 1 unspecified atom stereocenters. The molecule has 2 aromatic heterocycles. The van der Waals surface area contributed by atoms with E-state index in [0.29, 0.717) is 0 Å². The minimum atomic E-state index is -1.03. The summed E-state index contributed by atoms with van der Waals surface area (Å²) in [6, 6.07) is 5.18. The maximum Gasteiger partial charge on any atom is 0.322 e. The quantitative estimate of drug-likeness (QED) is 0.678. The van der Waals surface area contributed by atoms with Crippen LogP contribution in [-0.4, -0.2) is 16.5 Å². The summed E-state index contributed by atoms with van der Waals surface area (Å²) in [4.78, 5) is 23.6. The topological polar surface area (TPSA) is 63.1 Å². The van der Waals surface area contributed by atoms with E-state index < -0.39 is 11.6 Å². The second-order valence-electron chi connectivity index (χ2n) is 4.06. The Balaban J connectivity index is 2.11. The van der Waals surface area contributed by atoms with Crippen LogP contribution in [0.2, 0.25) is 0 Å². The Bertz CT molecular complexity index is 630. The Morgan fingerprint density at radius 2 is 2.18 bits per heavy atom. The first-order valence-electron chi connectivity index (χ1n) is 5.13. The maximum atomic E-state index is 12.1. The summed E-state index contributed by atoms with van der Waals surface area (Å²) in [6.45, 7) is 0. The van der Waals surface area contributed by atoms with Crippen LogP contribution in [0.4, 0.5) is 4.79 Å². The van der Waals surface area contributed by atoms with Crippen LogP contribution < -0.4 is 10.6 Å². The zero-order chi connectivity index (χ0) is 11.6. The molecule has 0 saturated carbocycles. The van der Waals surface area contributed by atoms with Gasteiger partial charge in [0.25, 0.3) is 5.91 Å². The van der Waals surface area contributed by atoms with Crippen LogP contribution in [0.25, 0.3) is 5.00 Å². The van der Waals surface area contributed by atoms with Crippen molar-refractivity contribution in [3.05, 3.63) is 41.0 Å². The fraction of sp³-hybridized carbons (Fsp3) is 0.0909. The van der Waals surface area contributed by atoms with Crippen molar-refractivity contribution in [2.75, 3.05) is 0 Å². The van der Waals surface area contributed by atoms with Gasteiger partial charge in [0.2, 0.25) is 0 Å². The first-order chi connectivity index (χ1) is 8.23. The lowest BCUT2D eigenvalue weighted by atomic mass is 9.90. The average Bonchev–Trinajstić information content (AvgIpc) is 2.95. The molecule has 84 valence electrons. The number of urea groups is 1. The van der Waals surface area contributed by atoms with Crippen molar-refractivity contribution in [2.24, 2.45) is 0 Å². The van der Waals surface area contributed by atoms with Gasteiger partial charge in [0.05, 0.1) is 5.69 Å². The molecule has 1 spiro atoms. The first kappa shape index (κ1) is 9.00. The van der Waals surface area contributed by atoms with Gasteiger partial charge in [-0.1, -0.05) is 0 Å². The van der Waals surface area contributed by atoms with Gasteiger partial charge in [-0.2, -0.15) is 0 Å². The highest BCUT2D eigenvalue weighted by Crippen LogP contribution is 2.45. The third kappa shape index (κ3) is 0.826. The summed E-state index contributed by atoms with van der Waals surface area (Å²) >= 11 is 1.56. The molecule has 2 aliphatic rings. The smallest absolute Gasteiger partial charge is 0.314 e. The molecule has 0 aliphatic carbocycles. The van der Waals surface area contributed by atoms with Crippen LogP contribution in [0, 0.1) is 0 Å². The molecule has 1 fully saturated rings. The number of imide groups is 1. The molecule has 0 radical (unpaired) electrons. The van der Waals surface area contributed by atoms with Gasteiger partial charge in [-0.25, -0.2) is 4.79 Å². The van der Waals surface area contributed by atoms with Gasteiger partial charge >= 0.3 is 6.03 Å². The van der Waals surface area contributed by atoms with Crippen molar-refractivity contribution in [3.8, 4) is 5.00 Å². The fourth-order valence-corrected chi connectivity index (χ4v) is 3.55. The molecule has 4 heterocycles. The molecule has 2 aliphatic heterocycles. The number of nitrogens with zero attached hydrogens (tertiary/aromatic N) is 1. The van der Waals surface area contributed by atoms with E-state index >= 15 is 0 Å². The third-order valence-corrected chi connectivity index (χ3v) is 4.18. The van der Waals surface area contributed by atoms with Gasteiger partial charge in [-0.05, 0) is 23.6 Å². The van der Waals surface area contributed by atoms with Gasteiger partial charge < -0.3 is 9.88 Å².